The highest BCUT2D eigenvalue weighted by molar-refractivity contribution is 5.76. The summed E-state index contributed by atoms with van der Waals surface area (Å²) < 4.78 is 5.17. The molecule has 1 aliphatic rings. The standard InChI is InChI=1S/C20H26N4O2/c1-26-18-9-7-17(8-10-18)5-2-3-6-19(25)23-13-15-24(16-14-23)20-21-11-4-12-22-20/h4,7-12H,2-3,5-6,13-16H2,1H3. The van der Waals surface area contributed by atoms with Crippen LogP contribution in [0.3, 0.4) is 0 Å². The van der Waals surface area contributed by atoms with Gasteiger partial charge in [-0.1, -0.05) is 12.1 Å². The Bertz CT molecular complexity index is 683. The first-order valence-corrected chi connectivity index (χ1v) is 9.19. The van der Waals surface area contributed by atoms with E-state index in [0.717, 1.165) is 57.1 Å². The molecule has 1 aliphatic heterocycles. The van der Waals surface area contributed by atoms with Crippen LogP contribution in [-0.2, 0) is 11.2 Å². The van der Waals surface area contributed by atoms with Crippen LogP contribution in [0.15, 0.2) is 42.7 Å². The average Bonchev–Trinajstić information content (AvgIpc) is 2.72. The van der Waals surface area contributed by atoms with Gasteiger partial charge in [-0.3, -0.25) is 4.79 Å². The zero-order chi connectivity index (χ0) is 18.2. The molecule has 1 aromatic carbocycles. The molecule has 0 radical (unpaired) electrons. The Labute approximate surface area is 154 Å². The minimum Gasteiger partial charge on any atom is -0.497 e. The summed E-state index contributed by atoms with van der Waals surface area (Å²) in [7, 11) is 1.67. The Morgan fingerprint density at radius 2 is 1.73 bits per heavy atom. The maximum atomic E-state index is 12.4. The maximum absolute atomic E-state index is 12.4. The lowest BCUT2D eigenvalue weighted by atomic mass is 10.1. The maximum Gasteiger partial charge on any atom is 0.225 e. The number of aromatic nitrogens is 2. The average molecular weight is 354 g/mol. The first-order chi connectivity index (χ1) is 12.8. The van der Waals surface area contributed by atoms with Crippen molar-refractivity contribution in [1.82, 2.24) is 14.9 Å². The minimum absolute atomic E-state index is 0.258. The summed E-state index contributed by atoms with van der Waals surface area (Å²) >= 11 is 0. The molecule has 1 saturated heterocycles. The van der Waals surface area contributed by atoms with Crippen molar-refractivity contribution < 1.29 is 9.53 Å². The van der Waals surface area contributed by atoms with E-state index in [9.17, 15) is 4.79 Å². The fourth-order valence-corrected chi connectivity index (χ4v) is 3.17. The Morgan fingerprint density at radius 1 is 1.04 bits per heavy atom. The van der Waals surface area contributed by atoms with E-state index in [2.05, 4.69) is 27.0 Å². The van der Waals surface area contributed by atoms with Crippen LogP contribution < -0.4 is 9.64 Å². The van der Waals surface area contributed by atoms with E-state index in [1.807, 2.05) is 23.1 Å². The quantitative estimate of drug-likeness (QED) is 0.715. The molecule has 0 bridgehead atoms. The first-order valence-electron chi connectivity index (χ1n) is 9.19. The highest BCUT2D eigenvalue weighted by atomic mass is 16.5. The molecule has 1 aromatic heterocycles. The van der Waals surface area contributed by atoms with Gasteiger partial charge in [-0.05, 0) is 43.0 Å². The van der Waals surface area contributed by atoms with Gasteiger partial charge in [-0.15, -0.1) is 0 Å². The van der Waals surface area contributed by atoms with Crippen LogP contribution in [0.4, 0.5) is 5.95 Å². The van der Waals surface area contributed by atoms with Crippen molar-refractivity contribution in [3.63, 3.8) is 0 Å². The van der Waals surface area contributed by atoms with Crippen LogP contribution in [0.1, 0.15) is 24.8 Å². The summed E-state index contributed by atoms with van der Waals surface area (Å²) in [6, 6.07) is 9.96. The number of carbonyl (C=O) groups is 1. The van der Waals surface area contributed by atoms with Crippen LogP contribution in [0.2, 0.25) is 0 Å². The van der Waals surface area contributed by atoms with Crippen molar-refractivity contribution in [2.75, 3.05) is 38.2 Å². The highest BCUT2D eigenvalue weighted by Gasteiger charge is 2.21. The number of ether oxygens (including phenoxy) is 1. The van der Waals surface area contributed by atoms with Crippen molar-refractivity contribution in [2.45, 2.75) is 25.7 Å². The molecule has 0 N–H and O–H groups in total. The van der Waals surface area contributed by atoms with Gasteiger partial charge in [0.2, 0.25) is 11.9 Å². The van der Waals surface area contributed by atoms with Gasteiger partial charge >= 0.3 is 0 Å². The predicted molar refractivity (Wildman–Crippen MR) is 101 cm³/mol. The molecular formula is C20H26N4O2. The summed E-state index contributed by atoms with van der Waals surface area (Å²) in [5.41, 5.74) is 1.29. The molecule has 26 heavy (non-hydrogen) atoms. The molecule has 138 valence electrons. The van der Waals surface area contributed by atoms with E-state index in [1.54, 1.807) is 19.5 Å². The fraction of sp³-hybridized carbons (Fsp3) is 0.450. The molecule has 1 amide bonds. The molecule has 0 saturated carbocycles. The van der Waals surface area contributed by atoms with Crippen LogP contribution in [-0.4, -0.2) is 54.1 Å². The monoisotopic (exact) mass is 354 g/mol. The molecule has 6 heteroatoms. The Kier molecular flexibility index (Phi) is 6.41. The number of carbonyl (C=O) groups excluding carboxylic acids is 1. The smallest absolute Gasteiger partial charge is 0.225 e. The Balaban J connectivity index is 1.35. The van der Waals surface area contributed by atoms with Gasteiger partial charge in [0.05, 0.1) is 7.11 Å². The molecule has 0 unspecified atom stereocenters. The molecular weight excluding hydrogens is 328 g/mol. The van der Waals surface area contributed by atoms with Crippen molar-refractivity contribution in [3.05, 3.63) is 48.3 Å². The van der Waals surface area contributed by atoms with Crippen LogP contribution in [0.25, 0.3) is 0 Å². The second kappa shape index (κ2) is 9.17. The zero-order valence-corrected chi connectivity index (χ0v) is 15.3. The lowest BCUT2D eigenvalue weighted by Gasteiger charge is -2.34. The molecule has 1 fully saturated rings. The molecule has 0 aliphatic carbocycles. The number of amides is 1. The first kappa shape index (κ1) is 18.2. The van der Waals surface area contributed by atoms with Gasteiger partial charge in [-0.2, -0.15) is 0 Å². The fourth-order valence-electron chi connectivity index (χ4n) is 3.17. The predicted octanol–water partition coefficient (Wildman–Crippen LogP) is 2.55. The summed E-state index contributed by atoms with van der Waals surface area (Å²) in [4.78, 5) is 25.0. The van der Waals surface area contributed by atoms with Gasteiger partial charge in [0, 0.05) is 45.0 Å². The van der Waals surface area contributed by atoms with E-state index in [1.165, 1.54) is 5.56 Å². The second-order valence-corrected chi connectivity index (χ2v) is 6.47. The largest absolute Gasteiger partial charge is 0.497 e. The number of piperazine rings is 1. The SMILES string of the molecule is COc1ccc(CCCCC(=O)N2CCN(c3ncccn3)CC2)cc1. The summed E-state index contributed by atoms with van der Waals surface area (Å²) in [6.07, 6.45) is 7.07. The number of hydrogen-bond donors (Lipinski definition) is 0. The van der Waals surface area contributed by atoms with Crippen LogP contribution >= 0.6 is 0 Å². The van der Waals surface area contributed by atoms with Gasteiger partial charge in [-0.25, -0.2) is 9.97 Å². The minimum atomic E-state index is 0.258. The van der Waals surface area contributed by atoms with Crippen molar-refractivity contribution in [1.29, 1.82) is 0 Å². The topological polar surface area (TPSA) is 58.6 Å². The van der Waals surface area contributed by atoms with Gasteiger partial charge in [0.1, 0.15) is 5.75 Å². The number of aryl methyl sites for hydroxylation is 1. The second-order valence-electron chi connectivity index (χ2n) is 6.47. The molecule has 3 rings (SSSR count). The third-order valence-corrected chi connectivity index (χ3v) is 4.73. The van der Waals surface area contributed by atoms with Crippen molar-refractivity contribution >= 4 is 11.9 Å². The lowest BCUT2D eigenvalue weighted by Crippen LogP contribution is -2.49. The van der Waals surface area contributed by atoms with Crippen molar-refractivity contribution in [3.8, 4) is 5.75 Å². The van der Waals surface area contributed by atoms with E-state index in [4.69, 9.17) is 4.74 Å². The Hall–Kier alpha value is -2.63. The molecule has 0 spiro atoms. The van der Waals surface area contributed by atoms with Crippen LogP contribution in [0, 0.1) is 0 Å². The van der Waals surface area contributed by atoms with Crippen molar-refractivity contribution in [2.24, 2.45) is 0 Å². The number of benzene rings is 1. The van der Waals surface area contributed by atoms with Gasteiger partial charge in [0.15, 0.2) is 0 Å². The lowest BCUT2D eigenvalue weighted by molar-refractivity contribution is -0.131. The van der Waals surface area contributed by atoms with E-state index in [-0.39, 0.29) is 5.91 Å². The number of hydrogen-bond acceptors (Lipinski definition) is 5. The van der Waals surface area contributed by atoms with E-state index < -0.39 is 0 Å². The van der Waals surface area contributed by atoms with Gasteiger partial charge in [0.25, 0.3) is 0 Å². The van der Waals surface area contributed by atoms with Gasteiger partial charge < -0.3 is 14.5 Å². The van der Waals surface area contributed by atoms with E-state index >= 15 is 0 Å². The summed E-state index contributed by atoms with van der Waals surface area (Å²) in [5.74, 6) is 1.89. The molecule has 0 atom stereocenters. The normalized spacial score (nSPS) is 14.3. The summed E-state index contributed by atoms with van der Waals surface area (Å²) in [5, 5.41) is 0. The third-order valence-electron chi connectivity index (χ3n) is 4.73. The van der Waals surface area contributed by atoms with Crippen LogP contribution in [0.5, 0.6) is 5.75 Å². The number of nitrogens with zero attached hydrogens (tertiary/aromatic N) is 4. The zero-order valence-electron chi connectivity index (χ0n) is 15.3. The number of anilines is 1. The molecule has 2 aromatic rings. The number of unbranched alkanes of at least 4 members (excludes halogenated alkanes) is 1. The van der Waals surface area contributed by atoms with E-state index in [0.29, 0.717) is 6.42 Å². The Morgan fingerprint density at radius 3 is 2.38 bits per heavy atom. The molecule has 6 nitrogen and oxygen atoms in total. The number of methoxy groups -OCH3 is 1. The highest BCUT2D eigenvalue weighted by Crippen LogP contribution is 2.15. The number of rotatable bonds is 7. The third kappa shape index (κ3) is 4.94. The molecule has 2 heterocycles. The summed E-state index contributed by atoms with van der Waals surface area (Å²) in [6.45, 7) is 3.08.